The highest BCUT2D eigenvalue weighted by atomic mass is 16.5. The minimum absolute atomic E-state index is 0.0169. The van der Waals surface area contributed by atoms with Crippen LogP contribution in [0.1, 0.15) is 38.2 Å². The zero-order valence-corrected chi connectivity index (χ0v) is 13.3. The molecule has 22 heavy (non-hydrogen) atoms. The number of pyridine rings is 1. The molecule has 2 aromatic rings. The summed E-state index contributed by atoms with van der Waals surface area (Å²) in [6, 6.07) is 8.27. The van der Waals surface area contributed by atoms with Gasteiger partial charge in [-0.05, 0) is 42.3 Å². The zero-order valence-electron chi connectivity index (χ0n) is 13.3. The first-order chi connectivity index (χ1) is 10.7. The van der Waals surface area contributed by atoms with Crippen molar-refractivity contribution >= 4 is 10.9 Å². The van der Waals surface area contributed by atoms with Gasteiger partial charge in [0.25, 0.3) is 5.56 Å². The monoisotopic (exact) mass is 300 g/mol. The molecule has 1 aromatic heterocycles. The molecule has 3 rings (SSSR count). The lowest BCUT2D eigenvalue weighted by atomic mass is 9.86. The molecule has 0 radical (unpaired) electrons. The fourth-order valence-corrected chi connectivity index (χ4v) is 3.34. The highest BCUT2D eigenvalue weighted by Crippen LogP contribution is 2.24. The van der Waals surface area contributed by atoms with Crippen molar-refractivity contribution in [1.29, 1.82) is 0 Å². The van der Waals surface area contributed by atoms with E-state index in [0.29, 0.717) is 18.5 Å². The van der Waals surface area contributed by atoms with E-state index in [0.717, 1.165) is 22.2 Å². The average Bonchev–Trinajstić information content (AvgIpc) is 2.53. The summed E-state index contributed by atoms with van der Waals surface area (Å²) in [5.74, 6) is 1.45. The van der Waals surface area contributed by atoms with E-state index in [2.05, 4.69) is 17.2 Å². The summed E-state index contributed by atoms with van der Waals surface area (Å²) in [5.41, 5.74) is 1.60. The first kappa shape index (κ1) is 15.1. The van der Waals surface area contributed by atoms with Crippen LogP contribution in [0.5, 0.6) is 5.75 Å². The van der Waals surface area contributed by atoms with Gasteiger partial charge in [-0.1, -0.05) is 19.8 Å². The molecule has 2 atom stereocenters. The first-order valence-electron chi connectivity index (χ1n) is 8.10. The summed E-state index contributed by atoms with van der Waals surface area (Å²) >= 11 is 0. The van der Waals surface area contributed by atoms with Gasteiger partial charge in [0.1, 0.15) is 5.75 Å². The van der Waals surface area contributed by atoms with Gasteiger partial charge in [0, 0.05) is 24.2 Å². The maximum atomic E-state index is 12.3. The summed E-state index contributed by atoms with van der Waals surface area (Å²) in [6.07, 6.45) is 5.11. The van der Waals surface area contributed by atoms with Crippen molar-refractivity contribution in [1.82, 2.24) is 10.3 Å². The molecule has 1 saturated carbocycles. The van der Waals surface area contributed by atoms with Crippen LogP contribution in [0.2, 0.25) is 0 Å². The van der Waals surface area contributed by atoms with E-state index in [1.807, 2.05) is 24.3 Å². The molecular formula is C18H24N2O2. The third-order valence-electron chi connectivity index (χ3n) is 4.80. The quantitative estimate of drug-likeness (QED) is 0.911. The number of benzene rings is 1. The van der Waals surface area contributed by atoms with Crippen LogP contribution in [0.15, 0.2) is 29.1 Å². The fourth-order valence-electron chi connectivity index (χ4n) is 3.34. The number of H-pyrrole nitrogens is 1. The van der Waals surface area contributed by atoms with Crippen LogP contribution in [-0.4, -0.2) is 18.1 Å². The summed E-state index contributed by atoms with van der Waals surface area (Å²) < 4.78 is 5.20. The van der Waals surface area contributed by atoms with Crippen molar-refractivity contribution in [3.63, 3.8) is 0 Å². The molecule has 1 fully saturated rings. The molecule has 0 unspecified atom stereocenters. The Morgan fingerprint density at radius 2 is 2.09 bits per heavy atom. The van der Waals surface area contributed by atoms with Gasteiger partial charge in [-0.3, -0.25) is 4.79 Å². The number of hydrogen-bond acceptors (Lipinski definition) is 3. The highest BCUT2D eigenvalue weighted by Gasteiger charge is 2.20. The lowest BCUT2D eigenvalue weighted by Crippen LogP contribution is -2.37. The zero-order chi connectivity index (χ0) is 15.5. The lowest BCUT2D eigenvalue weighted by Gasteiger charge is -2.29. The molecule has 0 saturated heterocycles. The predicted octanol–water partition coefficient (Wildman–Crippen LogP) is 3.21. The minimum atomic E-state index is -0.0169. The number of hydrogen-bond donors (Lipinski definition) is 2. The smallest absolute Gasteiger partial charge is 0.252 e. The Morgan fingerprint density at radius 1 is 1.27 bits per heavy atom. The van der Waals surface area contributed by atoms with Gasteiger partial charge in [0.15, 0.2) is 0 Å². The van der Waals surface area contributed by atoms with Crippen LogP contribution in [0, 0.1) is 5.92 Å². The van der Waals surface area contributed by atoms with Gasteiger partial charge >= 0.3 is 0 Å². The van der Waals surface area contributed by atoms with Gasteiger partial charge in [0.05, 0.1) is 12.6 Å². The van der Waals surface area contributed by atoms with Crippen molar-refractivity contribution < 1.29 is 4.74 Å². The van der Waals surface area contributed by atoms with Gasteiger partial charge in [-0.2, -0.15) is 0 Å². The van der Waals surface area contributed by atoms with E-state index in [-0.39, 0.29) is 5.56 Å². The Labute approximate surface area is 130 Å². The maximum absolute atomic E-state index is 12.3. The summed E-state index contributed by atoms with van der Waals surface area (Å²) in [4.78, 5) is 15.2. The molecule has 0 bridgehead atoms. The predicted molar refractivity (Wildman–Crippen MR) is 89.4 cm³/mol. The largest absolute Gasteiger partial charge is 0.497 e. The molecule has 0 amide bonds. The van der Waals surface area contributed by atoms with Crippen molar-refractivity contribution in [2.45, 2.75) is 45.2 Å². The Kier molecular flexibility index (Phi) is 4.48. The average molecular weight is 300 g/mol. The molecule has 0 spiro atoms. The molecule has 1 aromatic carbocycles. The van der Waals surface area contributed by atoms with Crippen LogP contribution in [-0.2, 0) is 6.54 Å². The Hall–Kier alpha value is -1.81. The molecule has 1 heterocycles. The van der Waals surface area contributed by atoms with Crippen molar-refractivity contribution in [2.75, 3.05) is 7.11 Å². The normalized spacial score (nSPS) is 21.9. The molecular weight excluding hydrogens is 276 g/mol. The first-order valence-corrected chi connectivity index (χ1v) is 8.10. The second-order valence-electron chi connectivity index (χ2n) is 6.33. The SMILES string of the molecule is COc1ccc2cc(CN[C@@H]3CCCC[C@@H]3C)c(=O)[nH]c2c1. The molecule has 2 N–H and O–H groups in total. The van der Waals surface area contributed by atoms with Gasteiger partial charge in [0.2, 0.25) is 0 Å². The maximum Gasteiger partial charge on any atom is 0.252 e. The van der Waals surface area contributed by atoms with Crippen molar-refractivity contribution in [2.24, 2.45) is 5.92 Å². The Morgan fingerprint density at radius 3 is 2.86 bits per heavy atom. The molecule has 118 valence electrons. The van der Waals surface area contributed by atoms with Gasteiger partial charge in [-0.15, -0.1) is 0 Å². The third-order valence-corrected chi connectivity index (χ3v) is 4.80. The number of ether oxygens (including phenoxy) is 1. The van der Waals surface area contributed by atoms with Gasteiger partial charge in [-0.25, -0.2) is 0 Å². The van der Waals surface area contributed by atoms with E-state index in [1.54, 1.807) is 7.11 Å². The standard InChI is InChI=1S/C18H24N2O2/c1-12-5-3-4-6-16(12)19-11-14-9-13-7-8-15(22-2)10-17(13)20-18(14)21/h7-10,12,16,19H,3-6,11H2,1-2H3,(H,20,21)/t12-,16+/m0/s1. The second-order valence-corrected chi connectivity index (χ2v) is 6.33. The summed E-state index contributed by atoms with van der Waals surface area (Å²) in [6.45, 7) is 2.93. The Balaban J connectivity index is 1.78. The summed E-state index contributed by atoms with van der Waals surface area (Å²) in [5, 5.41) is 4.61. The molecule has 0 aliphatic heterocycles. The van der Waals surface area contributed by atoms with Crippen LogP contribution in [0.25, 0.3) is 10.9 Å². The Bertz CT molecular complexity index is 708. The molecule has 1 aliphatic carbocycles. The van der Waals surface area contributed by atoms with E-state index in [1.165, 1.54) is 25.7 Å². The molecule has 4 heteroatoms. The van der Waals surface area contributed by atoms with E-state index in [9.17, 15) is 4.79 Å². The van der Waals surface area contributed by atoms with Gasteiger partial charge < -0.3 is 15.0 Å². The number of fused-ring (bicyclic) bond motifs is 1. The number of aromatic amines is 1. The van der Waals surface area contributed by atoms with Crippen LogP contribution in [0.4, 0.5) is 0 Å². The number of methoxy groups -OCH3 is 1. The molecule has 4 nitrogen and oxygen atoms in total. The van der Waals surface area contributed by atoms with Crippen molar-refractivity contribution in [3.8, 4) is 5.75 Å². The fraction of sp³-hybridized carbons (Fsp3) is 0.500. The van der Waals surface area contributed by atoms with E-state index >= 15 is 0 Å². The van der Waals surface area contributed by atoms with Crippen LogP contribution in [0.3, 0.4) is 0 Å². The van der Waals surface area contributed by atoms with E-state index < -0.39 is 0 Å². The van der Waals surface area contributed by atoms with E-state index in [4.69, 9.17) is 4.74 Å². The van der Waals surface area contributed by atoms with Crippen LogP contribution >= 0.6 is 0 Å². The topological polar surface area (TPSA) is 54.1 Å². The number of nitrogens with one attached hydrogen (secondary N) is 2. The minimum Gasteiger partial charge on any atom is -0.497 e. The lowest BCUT2D eigenvalue weighted by molar-refractivity contribution is 0.279. The molecule has 1 aliphatic rings. The summed E-state index contributed by atoms with van der Waals surface area (Å²) in [7, 11) is 1.63. The van der Waals surface area contributed by atoms with Crippen LogP contribution < -0.4 is 15.6 Å². The number of rotatable bonds is 4. The third kappa shape index (κ3) is 3.17. The number of aromatic nitrogens is 1. The second kappa shape index (κ2) is 6.53. The van der Waals surface area contributed by atoms with Crippen molar-refractivity contribution in [3.05, 3.63) is 40.2 Å². The highest BCUT2D eigenvalue weighted by molar-refractivity contribution is 5.80.